The minimum Gasteiger partial charge on any atom is -0.372 e. The lowest BCUT2D eigenvalue weighted by Crippen LogP contribution is -2.48. The summed E-state index contributed by atoms with van der Waals surface area (Å²) in [5.41, 5.74) is 4.83. The fourth-order valence-electron chi connectivity index (χ4n) is 4.19. The van der Waals surface area contributed by atoms with Gasteiger partial charge in [-0.3, -0.25) is 9.58 Å². The van der Waals surface area contributed by atoms with Crippen LogP contribution in [-0.4, -0.2) is 64.0 Å². The molecule has 1 unspecified atom stereocenters. The number of rotatable bonds is 3. The number of anilines is 1. The Labute approximate surface area is 158 Å². The molecule has 1 saturated heterocycles. The molecule has 1 atom stereocenters. The Morgan fingerprint density at radius 2 is 2.04 bits per heavy atom. The lowest BCUT2D eigenvalue weighted by atomic mass is 10.0. The quantitative estimate of drug-likeness (QED) is 0.706. The number of nitrogens with zero attached hydrogens (tertiary/aromatic N) is 6. The van der Waals surface area contributed by atoms with Crippen molar-refractivity contribution in [1.82, 2.24) is 24.6 Å². The van der Waals surface area contributed by atoms with Crippen molar-refractivity contribution >= 4 is 16.6 Å². The number of piperazine rings is 1. The van der Waals surface area contributed by atoms with Crippen molar-refractivity contribution in [3.63, 3.8) is 0 Å². The van der Waals surface area contributed by atoms with Crippen LogP contribution in [0.25, 0.3) is 10.9 Å². The minimum absolute atomic E-state index is 0.145. The SMILES string of the molecule is Cn1ncc2c1CCOC2CN1CCN(c2ccc3ncncc3c2)CC1. The minimum atomic E-state index is 0.145. The molecule has 4 heterocycles. The fourth-order valence-corrected chi connectivity index (χ4v) is 4.19. The lowest BCUT2D eigenvalue weighted by Gasteiger charge is -2.38. The molecule has 7 nitrogen and oxygen atoms in total. The smallest absolute Gasteiger partial charge is 0.116 e. The van der Waals surface area contributed by atoms with Gasteiger partial charge in [-0.1, -0.05) is 0 Å². The number of benzene rings is 1. The average molecular weight is 364 g/mol. The van der Waals surface area contributed by atoms with Crippen LogP contribution in [0.2, 0.25) is 0 Å². The van der Waals surface area contributed by atoms with E-state index in [1.165, 1.54) is 16.9 Å². The fraction of sp³-hybridized carbons (Fsp3) is 0.450. The van der Waals surface area contributed by atoms with Crippen LogP contribution in [0.4, 0.5) is 5.69 Å². The zero-order valence-corrected chi connectivity index (χ0v) is 15.6. The van der Waals surface area contributed by atoms with E-state index < -0.39 is 0 Å². The maximum absolute atomic E-state index is 6.06. The molecular weight excluding hydrogens is 340 g/mol. The van der Waals surface area contributed by atoms with Gasteiger partial charge in [-0.2, -0.15) is 5.10 Å². The number of hydrogen-bond donors (Lipinski definition) is 0. The van der Waals surface area contributed by atoms with Crippen molar-refractivity contribution in [2.45, 2.75) is 12.5 Å². The number of aryl methyl sites for hydroxylation is 1. The molecule has 2 aromatic heterocycles. The second kappa shape index (κ2) is 6.90. The number of ether oxygens (including phenoxy) is 1. The summed E-state index contributed by atoms with van der Waals surface area (Å²) in [6.07, 6.45) is 6.57. The summed E-state index contributed by atoms with van der Waals surface area (Å²) in [5, 5.41) is 5.51. The predicted molar refractivity (Wildman–Crippen MR) is 104 cm³/mol. The van der Waals surface area contributed by atoms with Gasteiger partial charge in [-0.25, -0.2) is 9.97 Å². The first-order chi connectivity index (χ1) is 13.3. The normalized spacial score (nSPS) is 20.8. The molecule has 2 aliphatic rings. The Hall–Kier alpha value is -2.51. The molecule has 0 radical (unpaired) electrons. The third-order valence-corrected chi connectivity index (χ3v) is 5.75. The van der Waals surface area contributed by atoms with E-state index in [-0.39, 0.29) is 6.10 Å². The maximum Gasteiger partial charge on any atom is 0.116 e. The van der Waals surface area contributed by atoms with Crippen molar-refractivity contribution in [3.05, 3.63) is 48.2 Å². The van der Waals surface area contributed by atoms with Crippen LogP contribution in [-0.2, 0) is 18.2 Å². The lowest BCUT2D eigenvalue weighted by molar-refractivity contribution is 0.0139. The standard InChI is InChI=1S/C20H24N6O/c1-24-19-4-9-27-20(17(19)12-23-24)13-25-5-7-26(8-6-25)16-2-3-18-15(10-16)11-21-14-22-18/h2-3,10-12,14,20H,4-9,13H2,1H3. The summed E-state index contributed by atoms with van der Waals surface area (Å²) in [4.78, 5) is 13.4. The maximum atomic E-state index is 6.06. The Balaban J connectivity index is 1.24. The first kappa shape index (κ1) is 16.6. The Bertz CT molecular complexity index is 947. The summed E-state index contributed by atoms with van der Waals surface area (Å²) in [7, 11) is 2.02. The Morgan fingerprint density at radius 3 is 2.93 bits per heavy atom. The van der Waals surface area contributed by atoms with Crippen molar-refractivity contribution < 1.29 is 4.74 Å². The van der Waals surface area contributed by atoms with Crippen LogP contribution in [0.5, 0.6) is 0 Å². The Kier molecular flexibility index (Phi) is 4.26. The van der Waals surface area contributed by atoms with Gasteiger partial charge < -0.3 is 9.64 Å². The van der Waals surface area contributed by atoms with Gasteiger partial charge in [-0.15, -0.1) is 0 Å². The highest BCUT2D eigenvalue weighted by molar-refractivity contribution is 5.81. The zero-order chi connectivity index (χ0) is 18.2. The van der Waals surface area contributed by atoms with Crippen molar-refractivity contribution in [2.24, 2.45) is 7.05 Å². The molecule has 0 saturated carbocycles. The van der Waals surface area contributed by atoms with Crippen LogP contribution in [0.15, 0.2) is 36.9 Å². The highest BCUT2D eigenvalue weighted by Crippen LogP contribution is 2.28. The summed E-state index contributed by atoms with van der Waals surface area (Å²) in [6, 6.07) is 6.44. The van der Waals surface area contributed by atoms with Crippen LogP contribution < -0.4 is 4.90 Å². The number of aromatic nitrogens is 4. The molecule has 5 rings (SSSR count). The monoisotopic (exact) mass is 364 g/mol. The zero-order valence-electron chi connectivity index (χ0n) is 15.6. The van der Waals surface area contributed by atoms with Crippen LogP contribution >= 0.6 is 0 Å². The van der Waals surface area contributed by atoms with Crippen LogP contribution in [0.1, 0.15) is 17.4 Å². The van der Waals surface area contributed by atoms with Gasteiger partial charge >= 0.3 is 0 Å². The van der Waals surface area contributed by atoms with Crippen LogP contribution in [0, 0.1) is 0 Å². The van der Waals surface area contributed by atoms with E-state index in [2.05, 4.69) is 43.1 Å². The highest BCUT2D eigenvalue weighted by Gasteiger charge is 2.27. The molecule has 0 aliphatic carbocycles. The highest BCUT2D eigenvalue weighted by atomic mass is 16.5. The van der Waals surface area contributed by atoms with E-state index in [0.29, 0.717) is 0 Å². The van der Waals surface area contributed by atoms with E-state index in [1.807, 2.05) is 24.1 Å². The van der Waals surface area contributed by atoms with Gasteiger partial charge in [0.2, 0.25) is 0 Å². The molecule has 7 heteroatoms. The van der Waals surface area contributed by atoms with Crippen molar-refractivity contribution in [3.8, 4) is 0 Å². The van der Waals surface area contributed by atoms with E-state index in [4.69, 9.17) is 4.74 Å². The van der Waals surface area contributed by atoms with Crippen molar-refractivity contribution in [1.29, 1.82) is 0 Å². The molecule has 1 fully saturated rings. The summed E-state index contributed by atoms with van der Waals surface area (Å²) < 4.78 is 8.05. The van der Waals surface area contributed by atoms with Gasteiger partial charge in [0.1, 0.15) is 6.33 Å². The molecule has 27 heavy (non-hydrogen) atoms. The van der Waals surface area contributed by atoms with Crippen molar-refractivity contribution in [2.75, 3.05) is 44.2 Å². The van der Waals surface area contributed by atoms with Gasteiger partial charge in [-0.05, 0) is 18.2 Å². The first-order valence-electron chi connectivity index (χ1n) is 9.57. The van der Waals surface area contributed by atoms with Crippen LogP contribution in [0.3, 0.4) is 0 Å². The van der Waals surface area contributed by atoms with E-state index >= 15 is 0 Å². The molecule has 2 aliphatic heterocycles. The second-order valence-electron chi connectivity index (χ2n) is 7.33. The summed E-state index contributed by atoms with van der Waals surface area (Å²) >= 11 is 0. The molecular formula is C20H24N6O. The molecule has 0 N–H and O–H groups in total. The molecule has 0 amide bonds. The predicted octanol–water partition coefficient (Wildman–Crippen LogP) is 1.80. The largest absolute Gasteiger partial charge is 0.372 e. The first-order valence-corrected chi connectivity index (χ1v) is 9.57. The molecule has 0 bridgehead atoms. The summed E-state index contributed by atoms with van der Waals surface area (Å²) in [6.45, 7) is 5.85. The van der Waals surface area contributed by atoms with Gasteiger partial charge in [0.05, 0.1) is 24.4 Å². The van der Waals surface area contributed by atoms with Gasteiger partial charge in [0.25, 0.3) is 0 Å². The van der Waals surface area contributed by atoms with Gasteiger partial charge in [0, 0.05) is 74.7 Å². The topological polar surface area (TPSA) is 59.3 Å². The second-order valence-corrected chi connectivity index (χ2v) is 7.33. The molecule has 140 valence electrons. The van der Waals surface area contributed by atoms with E-state index in [9.17, 15) is 0 Å². The number of hydrogen-bond acceptors (Lipinski definition) is 6. The average Bonchev–Trinajstić information content (AvgIpc) is 3.10. The molecule has 3 aromatic rings. The molecule has 0 spiro atoms. The molecule has 1 aromatic carbocycles. The third-order valence-electron chi connectivity index (χ3n) is 5.75. The Morgan fingerprint density at radius 1 is 1.15 bits per heavy atom. The third kappa shape index (κ3) is 3.17. The number of fused-ring (bicyclic) bond motifs is 2. The summed E-state index contributed by atoms with van der Waals surface area (Å²) in [5.74, 6) is 0. The van der Waals surface area contributed by atoms with E-state index in [0.717, 1.165) is 56.7 Å². The van der Waals surface area contributed by atoms with Gasteiger partial charge in [0.15, 0.2) is 0 Å². The van der Waals surface area contributed by atoms with E-state index in [1.54, 1.807) is 6.33 Å².